The Bertz CT molecular complexity index is 1320. The number of pyridine rings is 2. The summed E-state index contributed by atoms with van der Waals surface area (Å²) in [4.78, 5) is 14.1. The molecule has 0 aliphatic rings. The zero-order chi connectivity index (χ0) is 22.5. The van der Waals surface area contributed by atoms with E-state index in [4.69, 9.17) is 15.7 Å². The molecule has 0 unspecified atom stereocenters. The molecular formula is C27H27N5. The second-order valence-electron chi connectivity index (χ2n) is 7.13. The van der Waals surface area contributed by atoms with E-state index in [-0.39, 0.29) is 0 Å². The maximum absolute atomic E-state index is 6.20. The third kappa shape index (κ3) is 3.97. The average molecular weight is 422 g/mol. The molecule has 2 N–H and O–H groups in total. The Morgan fingerprint density at radius 3 is 2.25 bits per heavy atom. The maximum atomic E-state index is 6.20. The highest BCUT2D eigenvalue weighted by Crippen LogP contribution is 2.31. The largest absolute Gasteiger partial charge is 0.383 e. The Morgan fingerprint density at radius 2 is 1.56 bits per heavy atom. The Kier molecular flexibility index (Phi) is 6.26. The predicted octanol–water partition coefficient (Wildman–Crippen LogP) is 6.32. The van der Waals surface area contributed by atoms with Crippen molar-refractivity contribution in [2.24, 2.45) is 0 Å². The van der Waals surface area contributed by atoms with Crippen LogP contribution in [0.5, 0.6) is 0 Å². The minimum atomic E-state index is 0.447. The van der Waals surface area contributed by atoms with Gasteiger partial charge >= 0.3 is 0 Å². The Morgan fingerprint density at radius 1 is 0.812 bits per heavy atom. The van der Waals surface area contributed by atoms with Crippen molar-refractivity contribution < 1.29 is 0 Å². The number of hydrogen-bond acceptors (Lipinski definition) is 4. The number of nitrogens with two attached hydrogens (primary N) is 1. The number of nitrogens with zero attached hydrogens (tertiary/aromatic N) is 4. The first kappa shape index (κ1) is 21.2. The third-order valence-corrected chi connectivity index (χ3v) is 5.26. The molecule has 160 valence electrons. The molecule has 2 aromatic carbocycles. The van der Waals surface area contributed by atoms with Crippen LogP contribution in [0.15, 0.2) is 85.1 Å². The van der Waals surface area contributed by atoms with Crippen LogP contribution in [0, 0.1) is 0 Å². The van der Waals surface area contributed by atoms with Crippen molar-refractivity contribution in [1.82, 2.24) is 19.5 Å². The van der Waals surface area contributed by atoms with E-state index in [9.17, 15) is 0 Å². The summed E-state index contributed by atoms with van der Waals surface area (Å²) in [5, 5.41) is 0. The van der Waals surface area contributed by atoms with Gasteiger partial charge in [0, 0.05) is 17.4 Å². The van der Waals surface area contributed by atoms with Gasteiger partial charge in [0.05, 0.1) is 11.3 Å². The predicted molar refractivity (Wildman–Crippen MR) is 133 cm³/mol. The fourth-order valence-electron chi connectivity index (χ4n) is 3.64. The van der Waals surface area contributed by atoms with Crippen molar-refractivity contribution in [3.05, 3.63) is 90.6 Å². The van der Waals surface area contributed by atoms with Gasteiger partial charge in [0.1, 0.15) is 11.3 Å². The molecular weight excluding hydrogens is 394 g/mol. The Hall–Kier alpha value is -3.99. The van der Waals surface area contributed by atoms with E-state index < -0.39 is 0 Å². The highest BCUT2D eigenvalue weighted by molar-refractivity contribution is 5.84. The van der Waals surface area contributed by atoms with Gasteiger partial charge in [0.2, 0.25) is 0 Å². The number of benzene rings is 2. The van der Waals surface area contributed by atoms with Gasteiger partial charge in [-0.05, 0) is 48.4 Å². The molecule has 5 rings (SSSR count). The van der Waals surface area contributed by atoms with E-state index in [0.717, 1.165) is 45.9 Å². The zero-order valence-corrected chi connectivity index (χ0v) is 18.7. The molecule has 5 nitrogen and oxygen atoms in total. The highest BCUT2D eigenvalue weighted by atomic mass is 15.1. The van der Waals surface area contributed by atoms with Gasteiger partial charge in [0.15, 0.2) is 11.5 Å². The summed E-state index contributed by atoms with van der Waals surface area (Å²) < 4.78 is 2.06. The summed E-state index contributed by atoms with van der Waals surface area (Å²) in [5.41, 5.74) is 12.8. The molecule has 0 spiro atoms. The smallest absolute Gasteiger partial charge is 0.165 e. The van der Waals surface area contributed by atoms with Crippen molar-refractivity contribution in [1.29, 1.82) is 0 Å². The fourth-order valence-corrected chi connectivity index (χ4v) is 3.64. The molecule has 5 aromatic rings. The molecule has 3 aromatic heterocycles. The molecule has 3 heterocycles. The topological polar surface area (TPSA) is 69.6 Å². The quantitative estimate of drug-likeness (QED) is 0.369. The molecule has 0 atom stereocenters. The number of imidazole rings is 1. The Labute approximate surface area is 188 Å². The second kappa shape index (κ2) is 9.43. The van der Waals surface area contributed by atoms with Crippen molar-refractivity contribution in [3.8, 4) is 28.3 Å². The summed E-state index contributed by atoms with van der Waals surface area (Å²) in [5.74, 6) is 1.18. The number of rotatable bonds is 4. The Balaban J connectivity index is 0.00000119. The van der Waals surface area contributed by atoms with Crippen LogP contribution < -0.4 is 5.73 Å². The van der Waals surface area contributed by atoms with Crippen LogP contribution in [0.3, 0.4) is 0 Å². The van der Waals surface area contributed by atoms with Crippen molar-refractivity contribution in [3.63, 3.8) is 0 Å². The number of nitrogen functional groups attached to an aromatic ring is 1. The van der Waals surface area contributed by atoms with Gasteiger partial charge in [-0.25, -0.2) is 15.0 Å². The normalized spacial score (nSPS) is 10.6. The molecule has 5 heteroatoms. The highest BCUT2D eigenvalue weighted by Gasteiger charge is 2.18. The molecule has 0 amide bonds. The van der Waals surface area contributed by atoms with Crippen LogP contribution in [0.4, 0.5) is 5.82 Å². The monoisotopic (exact) mass is 421 g/mol. The van der Waals surface area contributed by atoms with Crippen LogP contribution in [0.1, 0.15) is 26.3 Å². The summed E-state index contributed by atoms with van der Waals surface area (Å²) >= 11 is 0. The summed E-state index contributed by atoms with van der Waals surface area (Å²) in [7, 11) is 0. The molecule has 0 aliphatic heterocycles. The van der Waals surface area contributed by atoms with Gasteiger partial charge in [-0.3, -0.25) is 4.57 Å². The summed E-state index contributed by atoms with van der Waals surface area (Å²) in [6, 6.07) is 26.5. The number of hydrogen-bond donors (Lipinski definition) is 1. The first-order valence-electron chi connectivity index (χ1n) is 11.0. The first-order valence-corrected chi connectivity index (χ1v) is 11.0. The lowest BCUT2D eigenvalue weighted by molar-refractivity contribution is 1.06. The minimum Gasteiger partial charge on any atom is -0.383 e. The van der Waals surface area contributed by atoms with Gasteiger partial charge in [-0.15, -0.1) is 0 Å². The first-order chi connectivity index (χ1) is 15.7. The number of aromatic nitrogens is 4. The van der Waals surface area contributed by atoms with E-state index in [1.807, 2.05) is 56.3 Å². The molecule has 0 fully saturated rings. The molecule has 0 radical (unpaired) electrons. The fraction of sp³-hybridized carbons (Fsp3) is 0.148. The lowest BCUT2D eigenvalue weighted by Crippen LogP contribution is -2.02. The maximum Gasteiger partial charge on any atom is 0.165 e. The molecule has 0 saturated carbocycles. The zero-order valence-electron chi connectivity index (χ0n) is 18.7. The molecule has 0 bridgehead atoms. The van der Waals surface area contributed by atoms with Crippen LogP contribution in [0.25, 0.3) is 39.5 Å². The number of fused-ring (bicyclic) bond motifs is 1. The summed E-state index contributed by atoms with van der Waals surface area (Å²) in [6.45, 7) is 6.15. The lowest BCUT2D eigenvalue weighted by Gasteiger charge is -2.11. The van der Waals surface area contributed by atoms with E-state index in [0.29, 0.717) is 5.82 Å². The van der Waals surface area contributed by atoms with Crippen molar-refractivity contribution in [2.75, 3.05) is 5.73 Å². The van der Waals surface area contributed by atoms with Crippen molar-refractivity contribution >= 4 is 17.0 Å². The van der Waals surface area contributed by atoms with E-state index in [1.54, 1.807) is 6.20 Å². The van der Waals surface area contributed by atoms with Crippen molar-refractivity contribution in [2.45, 2.75) is 27.2 Å². The standard InChI is InChI=1S/C25H21N5.C2H6/c1-2-17-10-12-19(13-11-17)30-24(20-9-6-16-27-23(20)26)29-22-15-14-21(28-25(22)30)18-7-4-3-5-8-18;1-2/h3-16H,2H2,1H3,(H2,26,27);1-2H3. The van der Waals surface area contributed by atoms with Gasteiger partial charge in [-0.1, -0.05) is 63.2 Å². The SMILES string of the molecule is CC.CCc1ccc(-n2c(-c3cccnc3N)nc3ccc(-c4ccccc4)nc32)cc1. The number of aryl methyl sites for hydroxylation is 1. The van der Waals surface area contributed by atoms with Crippen LogP contribution in [-0.2, 0) is 6.42 Å². The minimum absolute atomic E-state index is 0.447. The molecule has 32 heavy (non-hydrogen) atoms. The van der Waals surface area contributed by atoms with Crippen LogP contribution >= 0.6 is 0 Å². The van der Waals surface area contributed by atoms with Crippen LogP contribution in [0.2, 0.25) is 0 Å². The van der Waals surface area contributed by atoms with E-state index >= 15 is 0 Å². The number of anilines is 1. The van der Waals surface area contributed by atoms with E-state index in [2.05, 4.69) is 52.9 Å². The molecule has 0 aliphatic carbocycles. The van der Waals surface area contributed by atoms with Crippen LogP contribution in [-0.4, -0.2) is 19.5 Å². The molecule has 0 saturated heterocycles. The second-order valence-corrected chi connectivity index (χ2v) is 7.13. The lowest BCUT2D eigenvalue weighted by atomic mass is 10.1. The van der Waals surface area contributed by atoms with Gasteiger partial charge < -0.3 is 5.73 Å². The van der Waals surface area contributed by atoms with E-state index in [1.165, 1.54) is 5.56 Å². The van der Waals surface area contributed by atoms with Gasteiger partial charge in [-0.2, -0.15) is 0 Å². The third-order valence-electron chi connectivity index (χ3n) is 5.26. The average Bonchev–Trinajstić information content (AvgIpc) is 3.24. The summed E-state index contributed by atoms with van der Waals surface area (Å²) in [6.07, 6.45) is 2.68. The van der Waals surface area contributed by atoms with Gasteiger partial charge in [0.25, 0.3) is 0 Å².